The molecule has 0 aliphatic carbocycles. The van der Waals surface area contributed by atoms with Gasteiger partial charge in [0.1, 0.15) is 0 Å². The number of allylic oxidation sites excluding steroid dienone is 3. The molecule has 0 amide bonds. The van der Waals surface area contributed by atoms with E-state index in [-0.39, 0.29) is 0 Å². The molecule has 1 aromatic carbocycles. The molecule has 0 atom stereocenters. The van der Waals surface area contributed by atoms with Crippen LogP contribution in [0, 0.1) is 20.8 Å². The zero-order chi connectivity index (χ0) is 13.7. The van der Waals surface area contributed by atoms with Gasteiger partial charge in [-0.2, -0.15) is 0 Å². The number of rotatable bonds is 6. The first-order valence-corrected chi connectivity index (χ1v) is 6.51. The Morgan fingerprint density at radius 1 is 0.611 bits per heavy atom. The lowest BCUT2D eigenvalue weighted by Gasteiger charge is -2.21. The van der Waals surface area contributed by atoms with Crippen molar-refractivity contribution in [1.82, 2.24) is 0 Å². The van der Waals surface area contributed by atoms with E-state index < -0.39 is 0 Å². The molecular weight excluding hydrogens is 216 g/mol. The minimum absolute atomic E-state index is 0.931. The fourth-order valence-electron chi connectivity index (χ4n) is 2.66. The maximum Gasteiger partial charge on any atom is -0.00945 e. The smallest absolute Gasteiger partial charge is 0.00945 e. The van der Waals surface area contributed by atoms with E-state index in [0.717, 1.165) is 19.3 Å². The van der Waals surface area contributed by atoms with Gasteiger partial charge in [0.15, 0.2) is 0 Å². The molecule has 0 nitrogen and oxygen atoms in total. The quantitative estimate of drug-likeness (QED) is 0.627. The van der Waals surface area contributed by atoms with Gasteiger partial charge in [0, 0.05) is 0 Å². The first-order chi connectivity index (χ1) is 8.58. The third-order valence-corrected chi connectivity index (χ3v) is 3.78. The summed E-state index contributed by atoms with van der Waals surface area (Å²) in [5.74, 6) is 0. The summed E-state index contributed by atoms with van der Waals surface area (Å²) in [6.07, 6.45) is 8.77. The molecule has 0 radical (unpaired) electrons. The van der Waals surface area contributed by atoms with E-state index in [1.807, 2.05) is 18.2 Å². The van der Waals surface area contributed by atoms with Gasteiger partial charge in [-0.15, -0.1) is 19.7 Å². The summed E-state index contributed by atoms with van der Waals surface area (Å²) in [5, 5.41) is 0. The predicted molar refractivity (Wildman–Crippen MR) is 82.4 cm³/mol. The van der Waals surface area contributed by atoms with E-state index >= 15 is 0 Å². The van der Waals surface area contributed by atoms with Crippen LogP contribution < -0.4 is 0 Å². The van der Waals surface area contributed by atoms with Gasteiger partial charge in [-0.3, -0.25) is 0 Å². The van der Waals surface area contributed by atoms with Crippen LogP contribution in [0.25, 0.3) is 0 Å². The first kappa shape index (κ1) is 14.5. The molecule has 0 aliphatic heterocycles. The third kappa shape index (κ3) is 2.64. The van der Waals surface area contributed by atoms with E-state index in [4.69, 9.17) is 0 Å². The van der Waals surface area contributed by atoms with E-state index in [1.54, 1.807) is 0 Å². The van der Waals surface area contributed by atoms with Crippen LogP contribution in [-0.4, -0.2) is 0 Å². The maximum atomic E-state index is 3.88. The Labute approximate surface area is 112 Å². The highest BCUT2D eigenvalue weighted by Crippen LogP contribution is 2.29. The van der Waals surface area contributed by atoms with Crippen LogP contribution in [-0.2, 0) is 19.3 Å². The lowest BCUT2D eigenvalue weighted by atomic mass is 9.84. The molecule has 0 heteroatoms. The van der Waals surface area contributed by atoms with Gasteiger partial charge in [-0.25, -0.2) is 0 Å². The van der Waals surface area contributed by atoms with Crippen LogP contribution in [0.4, 0.5) is 0 Å². The molecule has 0 heterocycles. The van der Waals surface area contributed by atoms with Crippen LogP contribution >= 0.6 is 0 Å². The van der Waals surface area contributed by atoms with Crippen molar-refractivity contribution in [3.8, 4) is 0 Å². The second-order valence-corrected chi connectivity index (χ2v) is 4.79. The summed E-state index contributed by atoms with van der Waals surface area (Å²) in [7, 11) is 0. The molecule has 0 unspecified atom stereocenters. The number of hydrogen-bond acceptors (Lipinski definition) is 0. The summed E-state index contributed by atoms with van der Waals surface area (Å²) in [4.78, 5) is 0. The number of hydrogen-bond donors (Lipinski definition) is 0. The Morgan fingerprint density at radius 3 is 1.39 bits per heavy atom. The van der Waals surface area contributed by atoms with Crippen molar-refractivity contribution in [1.29, 1.82) is 0 Å². The Balaban J connectivity index is 3.57. The minimum Gasteiger partial charge on any atom is -0.103 e. The molecule has 1 rings (SSSR count). The Hall–Kier alpha value is -1.56. The molecule has 0 N–H and O–H groups in total. The Kier molecular flexibility index (Phi) is 5.15. The highest BCUT2D eigenvalue weighted by Gasteiger charge is 2.14. The lowest BCUT2D eigenvalue weighted by molar-refractivity contribution is 1.03. The molecule has 1 aromatic rings. The van der Waals surface area contributed by atoms with E-state index in [1.165, 1.54) is 33.4 Å². The lowest BCUT2D eigenvalue weighted by Crippen LogP contribution is -2.06. The zero-order valence-corrected chi connectivity index (χ0v) is 12.0. The van der Waals surface area contributed by atoms with E-state index in [0.29, 0.717) is 0 Å². The van der Waals surface area contributed by atoms with E-state index in [2.05, 4.69) is 40.5 Å². The summed E-state index contributed by atoms with van der Waals surface area (Å²) in [5.41, 5.74) is 8.46. The third-order valence-electron chi connectivity index (χ3n) is 3.78. The molecule has 18 heavy (non-hydrogen) atoms. The van der Waals surface area contributed by atoms with Crippen LogP contribution in [0.2, 0.25) is 0 Å². The molecule has 0 saturated heterocycles. The second kappa shape index (κ2) is 6.39. The van der Waals surface area contributed by atoms with Gasteiger partial charge >= 0.3 is 0 Å². The highest BCUT2D eigenvalue weighted by molar-refractivity contribution is 5.52. The summed E-state index contributed by atoms with van der Waals surface area (Å²) < 4.78 is 0. The average molecular weight is 240 g/mol. The first-order valence-electron chi connectivity index (χ1n) is 6.51. The minimum atomic E-state index is 0.931. The molecule has 0 fully saturated rings. The van der Waals surface area contributed by atoms with Gasteiger partial charge in [-0.1, -0.05) is 18.2 Å². The number of benzene rings is 1. The van der Waals surface area contributed by atoms with Crippen molar-refractivity contribution < 1.29 is 0 Å². The molecule has 0 aliphatic rings. The SMILES string of the molecule is C=CCc1c(C)c(C)c(CC=C)c(CC=C)c1C. The molecule has 0 aromatic heterocycles. The normalized spacial score (nSPS) is 10.2. The van der Waals surface area contributed by atoms with Crippen molar-refractivity contribution in [3.05, 3.63) is 71.3 Å². The van der Waals surface area contributed by atoms with Crippen molar-refractivity contribution in [2.24, 2.45) is 0 Å². The van der Waals surface area contributed by atoms with Gasteiger partial charge in [0.05, 0.1) is 0 Å². The highest BCUT2D eigenvalue weighted by atomic mass is 14.2. The fourth-order valence-corrected chi connectivity index (χ4v) is 2.66. The molecule has 0 bridgehead atoms. The van der Waals surface area contributed by atoms with Gasteiger partial charge < -0.3 is 0 Å². The predicted octanol–water partition coefficient (Wildman–Crippen LogP) is 4.80. The molecule has 0 spiro atoms. The molecule has 96 valence electrons. The van der Waals surface area contributed by atoms with Crippen molar-refractivity contribution >= 4 is 0 Å². The van der Waals surface area contributed by atoms with Crippen LogP contribution in [0.1, 0.15) is 33.4 Å². The Morgan fingerprint density at radius 2 is 0.944 bits per heavy atom. The topological polar surface area (TPSA) is 0 Å². The van der Waals surface area contributed by atoms with E-state index in [9.17, 15) is 0 Å². The summed E-state index contributed by atoms with van der Waals surface area (Å²) in [6, 6.07) is 0. The molecule has 0 saturated carbocycles. The van der Waals surface area contributed by atoms with Crippen LogP contribution in [0.3, 0.4) is 0 Å². The largest absolute Gasteiger partial charge is 0.103 e. The molecular formula is C18H24. The van der Waals surface area contributed by atoms with Gasteiger partial charge in [0.25, 0.3) is 0 Å². The zero-order valence-electron chi connectivity index (χ0n) is 12.0. The summed E-state index contributed by atoms with van der Waals surface area (Å²) in [6.45, 7) is 18.3. The fraction of sp³-hybridized carbons (Fsp3) is 0.333. The monoisotopic (exact) mass is 240 g/mol. The Bertz CT molecular complexity index is 476. The van der Waals surface area contributed by atoms with Crippen molar-refractivity contribution in [2.45, 2.75) is 40.0 Å². The maximum absolute atomic E-state index is 3.88. The van der Waals surface area contributed by atoms with Crippen LogP contribution in [0.15, 0.2) is 38.0 Å². The van der Waals surface area contributed by atoms with Crippen molar-refractivity contribution in [2.75, 3.05) is 0 Å². The standard InChI is InChI=1S/C18H24/c1-7-10-16-13(4)14(5)17(11-8-2)18(12-9-3)15(16)6/h7-9H,1-3,10-12H2,4-6H3. The average Bonchev–Trinajstić information content (AvgIpc) is 2.36. The van der Waals surface area contributed by atoms with Gasteiger partial charge in [0.2, 0.25) is 0 Å². The van der Waals surface area contributed by atoms with Crippen molar-refractivity contribution in [3.63, 3.8) is 0 Å². The second-order valence-electron chi connectivity index (χ2n) is 4.79. The van der Waals surface area contributed by atoms with Gasteiger partial charge in [-0.05, 0) is 73.4 Å². The summed E-state index contributed by atoms with van der Waals surface area (Å²) >= 11 is 0. The van der Waals surface area contributed by atoms with Crippen LogP contribution in [0.5, 0.6) is 0 Å².